The number of aromatic nitrogens is 1. The lowest BCUT2D eigenvalue weighted by atomic mass is 9.83. The fourth-order valence-corrected chi connectivity index (χ4v) is 3.91. The normalized spacial score (nSPS) is 17.6. The van der Waals surface area contributed by atoms with Gasteiger partial charge in [0.2, 0.25) is 5.13 Å². The second-order valence-corrected chi connectivity index (χ2v) is 6.26. The number of benzene rings is 1. The molecule has 4 nitrogen and oxygen atoms in total. The third-order valence-electron chi connectivity index (χ3n) is 3.78. The maximum Gasteiger partial charge on any atom is 0.212 e. The molecule has 3 rings (SSSR count). The van der Waals surface area contributed by atoms with E-state index in [0.717, 1.165) is 19.3 Å². The van der Waals surface area contributed by atoms with E-state index in [2.05, 4.69) is 41.2 Å². The van der Waals surface area contributed by atoms with Crippen LogP contribution in [0.15, 0.2) is 29.3 Å². The van der Waals surface area contributed by atoms with Gasteiger partial charge in [0.05, 0.1) is 5.69 Å². The highest BCUT2D eigenvalue weighted by Crippen LogP contribution is 2.38. The van der Waals surface area contributed by atoms with Crippen LogP contribution in [0.5, 0.6) is 0 Å². The average molecular weight is 286 g/mol. The Bertz CT molecular complexity index is 656. The summed E-state index contributed by atoms with van der Waals surface area (Å²) in [5.41, 5.74) is 14.8. The monoisotopic (exact) mass is 286 g/mol. The van der Waals surface area contributed by atoms with Crippen LogP contribution in [0.3, 0.4) is 0 Å². The lowest BCUT2D eigenvalue weighted by molar-refractivity contribution is 0.582. The van der Waals surface area contributed by atoms with Crippen LogP contribution in [0.2, 0.25) is 0 Å². The Morgan fingerprint density at radius 1 is 1.35 bits per heavy atom. The standard InChI is InChI=1S/C15H18N4S/c1-9-4-2-3-5-11(9)10-6-7-12-13(8-10)20-15(18-12)19-14(16)17/h2-5,10H,6-8H2,1H3,(H4,16,17,18,19). The highest BCUT2D eigenvalue weighted by molar-refractivity contribution is 7.15. The molecule has 0 saturated heterocycles. The second-order valence-electron chi connectivity index (χ2n) is 5.20. The smallest absolute Gasteiger partial charge is 0.212 e. The Morgan fingerprint density at radius 2 is 2.15 bits per heavy atom. The molecule has 1 aliphatic carbocycles. The fourth-order valence-electron chi connectivity index (χ4n) is 2.83. The summed E-state index contributed by atoms with van der Waals surface area (Å²) in [7, 11) is 0. The van der Waals surface area contributed by atoms with E-state index in [-0.39, 0.29) is 5.96 Å². The van der Waals surface area contributed by atoms with Crippen molar-refractivity contribution in [2.45, 2.75) is 32.1 Å². The van der Waals surface area contributed by atoms with Crippen LogP contribution in [0.4, 0.5) is 5.13 Å². The van der Waals surface area contributed by atoms with Gasteiger partial charge in [0.25, 0.3) is 0 Å². The van der Waals surface area contributed by atoms with Gasteiger partial charge in [0, 0.05) is 4.88 Å². The molecule has 0 bridgehead atoms. The molecule has 0 radical (unpaired) electrons. The van der Waals surface area contributed by atoms with E-state index in [0.29, 0.717) is 11.0 Å². The number of fused-ring (bicyclic) bond motifs is 1. The van der Waals surface area contributed by atoms with E-state index in [1.54, 1.807) is 11.3 Å². The number of thiazole rings is 1. The first-order valence-electron chi connectivity index (χ1n) is 6.77. The van der Waals surface area contributed by atoms with Crippen molar-refractivity contribution in [1.82, 2.24) is 4.98 Å². The van der Waals surface area contributed by atoms with E-state index in [1.807, 2.05) is 0 Å². The molecule has 1 aromatic heterocycles. The summed E-state index contributed by atoms with van der Waals surface area (Å²) in [6, 6.07) is 8.64. The summed E-state index contributed by atoms with van der Waals surface area (Å²) in [6.07, 6.45) is 3.19. The third-order valence-corrected chi connectivity index (χ3v) is 4.80. The Kier molecular flexibility index (Phi) is 3.44. The fraction of sp³-hybridized carbons (Fsp3) is 0.333. The molecular formula is C15H18N4S. The van der Waals surface area contributed by atoms with Gasteiger partial charge in [-0.1, -0.05) is 35.6 Å². The lowest BCUT2D eigenvalue weighted by Crippen LogP contribution is -2.21. The molecule has 5 heteroatoms. The Morgan fingerprint density at radius 3 is 2.90 bits per heavy atom. The van der Waals surface area contributed by atoms with Crippen LogP contribution < -0.4 is 11.5 Å². The van der Waals surface area contributed by atoms with Crippen molar-refractivity contribution in [3.05, 3.63) is 46.0 Å². The molecule has 0 aliphatic heterocycles. The Labute approximate surface area is 122 Å². The van der Waals surface area contributed by atoms with Crippen molar-refractivity contribution in [2.75, 3.05) is 0 Å². The number of hydrogen-bond acceptors (Lipinski definition) is 3. The average Bonchev–Trinajstić information content (AvgIpc) is 2.79. The molecule has 1 atom stereocenters. The molecule has 1 aliphatic rings. The van der Waals surface area contributed by atoms with Gasteiger partial charge in [-0.15, -0.1) is 0 Å². The number of rotatable bonds is 2. The van der Waals surface area contributed by atoms with Gasteiger partial charge in [-0.3, -0.25) is 0 Å². The van der Waals surface area contributed by atoms with Crippen LogP contribution in [0, 0.1) is 6.92 Å². The summed E-state index contributed by atoms with van der Waals surface area (Å²) in [4.78, 5) is 9.90. The van der Waals surface area contributed by atoms with Crippen LogP contribution in [-0.2, 0) is 12.8 Å². The molecular weight excluding hydrogens is 268 g/mol. The first-order valence-corrected chi connectivity index (χ1v) is 7.59. The number of aryl methyl sites for hydroxylation is 2. The first kappa shape index (κ1) is 13.1. The van der Waals surface area contributed by atoms with Gasteiger partial charge >= 0.3 is 0 Å². The molecule has 1 unspecified atom stereocenters. The van der Waals surface area contributed by atoms with Gasteiger partial charge in [0.15, 0.2) is 5.96 Å². The van der Waals surface area contributed by atoms with Crippen molar-refractivity contribution < 1.29 is 0 Å². The summed E-state index contributed by atoms with van der Waals surface area (Å²) >= 11 is 1.61. The van der Waals surface area contributed by atoms with E-state index in [1.165, 1.54) is 21.7 Å². The number of hydrogen-bond donors (Lipinski definition) is 2. The van der Waals surface area contributed by atoms with Gasteiger partial charge in [-0.25, -0.2) is 4.98 Å². The van der Waals surface area contributed by atoms with E-state index in [4.69, 9.17) is 11.5 Å². The van der Waals surface area contributed by atoms with Crippen LogP contribution in [0.1, 0.15) is 34.0 Å². The van der Waals surface area contributed by atoms with Crippen molar-refractivity contribution >= 4 is 22.4 Å². The molecule has 0 spiro atoms. The van der Waals surface area contributed by atoms with Crippen molar-refractivity contribution in [3.8, 4) is 0 Å². The summed E-state index contributed by atoms with van der Waals surface area (Å²) in [5.74, 6) is 0.655. The van der Waals surface area contributed by atoms with Crippen LogP contribution in [-0.4, -0.2) is 10.9 Å². The molecule has 4 N–H and O–H groups in total. The lowest BCUT2D eigenvalue weighted by Gasteiger charge is -2.22. The summed E-state index contributed by atoms with van der Waals surface area (Å²) in [5, 5.41) is 0.681. The maximum atomic E-state index is 5.41. The largest absolute Gasteiger partial charge is 0.370 e. The number of nitrogens with zero attached hydrogens (tertiary/aromatic N) is 2. The zero-order valence-corrected chi connectivity index (χ0v) is 12.3. The van der Waals surface area contributed by atoms with E-state index >= 15 is 0 Å². The number of nitrogens with two attached hydrogens (primary N) is 2. The third kappa shape index (κ3) is 2.54. The van der Waals surface area contributed by atoms with Gasteiger partial charge in [-0.05, 0) is 43.2 Å². The quantitative estimate of drug-likeness (QED) is 0.658. The summed E-state index contributed by atoms with van der Waals surface area (Å²) < 4.78 is 0. The highest BCUT2D eigenvalue weighted by Gasteiger charge is 2.24. The molecule has 1 aromatic carbocycles. The zero-order chi connectivity index (χ0) is 14.1. The second kappa shape index (κ2) is 5.25. The van der Waals surface area contributed by atoms with Gasteiger partial charge in [0.1, 0.15) is 0 Å². The van der Waals surface area contributed by atoms with E-state index in [9.17, 15) is 0 Å². The Balaban J connectivity index is 1.87. The van der Waals surface area contributed by atoms with Crippen molar-refractivity contribution in [1.29, 1.82) is 0 Å². The molecule has 0 fully saturated rings. The highest BCUT2D eigenvalue weighted by atomic mass is 32.1. The Hall–Kier alpha value is -1.88. The topological polar surface area (TPSA) is 77.3 Å². The number of guanidine groups is 1. The SMILES string of the molecule is Cc1ccccc1C1CCc2nc(N=C(N)N)sc2C1. The minimum Gasteiger partial charge on any atom is -0.370 e. The van der Waals surface area contributed by atoms with Gasteiger partial charge in [-0.2, -0.15) is 4.99 Å². The number of aliphatic imine (C=N–C) groups is 1. The minimum absolute atomic E-state index is 0.0755. The van der Waals surface area contributed by atoms with Gasteiger partial charge < -0.3 is 11.5 Å². The van der Waals surface area contributed by atoms with E-state index < -0.39 is 0 Å². The van der Waals surface area contributed by atoms with Crippen LogP contribution >= 0.6 is 11.3 Å². The molecule has 0 amide bonds. The predicted molar refractivity (Wildman–Crippen MR) is 83.5 cm³/mol. The van der Waals surface area contributed by atoms with Crippen molar-refractivity contribution in [2.24, 2.45) is 16.5 Å². The first-order chi connectivity index (χ1) is 9.63. The van der Waals surface area contributed by atoms with Crippen molar-refractivity contribution in [3.63, 3.8) is 0 Å². The summed E-state index contributed by atoms with van der Waals surface area (Å²) in [6.45, 7) is 2.18. The van der Waals surface area contributed by atoms with Crippen LogP contribution in [0.25, 0.3) is 0 Å². The minimum atomic E-state index is 0.0755. The molecule has 1 heterocycles. The maximum absolute atomic E-state index is 5.41. The predicted octanol–water partition coefficient (Wildman–Crippen LogP) is 2.63. The molecule has 2 aromatic rings. The zero-order valence-electron chi connectivity index (χ0n) is 11.5. The molecule has 104 valence electrons. The molecule has 0 saturated carbocycles. The molecule has 20 heavy (non-hydrogen) atoms.